The third kappa shape index (κ3) is 6.02. The summed E-state index contributed by atoms with van der Waals surface area (Å²) in [4.78, 5) is 11.7. The van der Waals surface area contributed by atoms with Gasteiger partial charge < -0.3 is 25.4 Å². The molecule has 7 heteroatoms. The van der Waals surface area contributed by atoms with E-state index in [1.807, 2.05) is 25.1 Å². The average Bonchev–Trinajstić information content (AvgIpc) is 2.75. The Morgan fingerprint density at radius 1 is 1.27 bits per heavy atom. The number of rotatable bonds is 7. The van der Waals surface area contributed by atoms with Crippen LogP contribution >= 0.6 is 0 Å². The summed E-state index contributed by atoms with van der Waals surface area (Å²) >= 11 is 0. The van der Waals surface area contributed by atoms with Crippen molar-refractivity contribution in [3.63, 3.8) is 0 Å². The number of hydrogen-bond acceptors (Lipinski definition) is 5. The number of pyridine rings is 1. The van der Waals surface area contributed by atoms with Crippen LogP contribution in [-0.2, 0) is 6.42 Å². The molecule has 0 spiro atoms. The van der Waals surface area contributed by atoms with E-state index in [4.69, 9.17) is 9.73 Å². The molecule has 2 aromatic rings. The Balaban J connectivity index is 1.51. The number of nitrogens with one attached hydrogen (secondary N) is 2. The Hall–Kier alpha value is -2.96. The smallest absolute Gasteiger partial charge is 0.191 e. The van der Waals surface area contributed by atoms with Gasteiger partial charge in [-0.05, 0) is 62.9 Å². The fourth-order valence-corrected chi connectivity index (χ4v) is 3.65. The highest BCUT2D eigenvalue weighted by atomic mass is 16.5. The van der Waals surface area contributed by atoms with Crippen molar-refractivity contribution >= 4 is 11.8 Å². The van der Waals surface area contributed by atoms with Gasteiger partial charge in [-0.2, -0.15) is 0 Å². The third-order valence-corrected chi connectivity index (χ3v) is 5.29. The number of piperidine rings is 1. The van der Waals surface area contributed by atoms with Crippen molar-refractivity contribution in [2.45, 2.75) is 39.2 Å². The number of phenolic OH excluding ortho intramolecular Hbond substituents is 1. The lowest BCUT2D eigenvalue weighted by Crippen LogP contribution is -2.49. The maximum Gasteiger partial charge on any atom is 0.191 e. The molecule has 1 saturated heterocycles. The van der Waals surface area contributed by atoms with Gasteiger partial charge in [0.1, 0.15) is 5.82 Å². The number of aryl methyl sites for hydroxylation is 1. The standard InChI is InChI=1S/C23H33N5O2/c1-4-24-23(25-13-10-18-8-9-20(29)21(16-18)30-3)27-19-11-14-28(15-12-19)22-7-5-6-17(2)26-22/h5-9,16,19,29H,4,10-15H2,1-3H3,(H2,24,25,27). The first-order valence-corrected chi connectivity index (χ1v) is 10.7. The number of guanidine groups is 1. The fraction of sp³-hybridized carbons (Fsp3) is 0.478. The van der Waals surface area contributed by atoms with Gasteiger partial charge in [0.15, 0.2) is 17.5 Å². The van der Waals surface area contributed by atoms with E-state index in [1.54, 1.807) is 13.2 Å². The molecule has 1 fully saturated rings. The predicted molar refractivity (Wildman–Crippen MR) is 122 cm³/mol. The fourth-order valence-electron chi connectivity index (χ4n) is 3.65. The minimum absolute atomic E-state index is 0.159. The zero-order chi connectivity index (χ0) is 21.3. The van der Waals surface area contributed by atoms with Crippen LogP contribution in [0.2, 0.25) is 0 Å². The van der Waals surface area contributed by atoms with Crippen LogP contribution in [0, 0.1) is 6.92 Å². The molecule has 0 unspecified atom stereocenters. The van der Waals surface area contributed by atoms with E-state index in [9.17, 15) is 5.11 Å². The number of aliphatic imine (C=N–C) groups is 1. The molecule has 2 heterocycles. The minimum atomic E-state index is 0.159. The predicted octanol–water partition coefficient (Wildman–Crippen LogP) is 2.87. The number of hydrogen-bond donors (Lipinski definition) is 3. The minimum Gasteiger partial charge on any atom is -0.504 e. The lowest BCUT2D eigenvalue weighted by atomic mass is 10.1. The molecule has 0 radical (unpaired) electrons. The number of aromatic hydroxyl groups is 1. The van der Waals surface area contributed by atoms with Crippen LogP contribution < -0.4 is 20.3 Å². The molecule has 1 aromatic heterocycles. The highest BCUT2D eigenvalue weighted by Gasteiger charge is 2.21. The normalized spacial score (nSPS) is 15.2. The van der Waals surface area contributed by atoms with Gasteiger partial charge in [-0.15, -0.1) is 0 Å². The molecule has 3 N–H and O–H groups in total. The van der Waals surface area contributed by atoms with Crippen molar-refractivity contribution < 1.29 is 9.84 Å². The molecule has 0 bridgehead atoms. The average molecular weight is 412 g/mol. The largest absolute Gasteiger partial charge is 0.504 e. The van der Waals surface area contributed by atoms with Crippen molar-refractivity contribution in [2.24, 2.45) is 4.99 Å². The van der Waals surface area contributed by atoms with Crippen molar-refractivity contribution in [3.05, 3.63) is 47.7 Å². The molecule has 30 heavy (non-hydrogen) atoms. The lowest BCUT2D eigenvalue weighted by molar-refractivity contribution is 0.373. The highest BCUT2D eigenvalue weighted by Crippen LogP contribution is 2.26. The van der Waals surface area contributed by atoms with E-state index in [2.05, 4.69) is 39.6 Å². The summed E-state index contributed by atoms with van der Waals surface area (Å²) in [6.07, 6.45) is 2.88. The van der Waals surface area contributed by atoms with Gasteiger partial charge in [0.05, 0.1) is 7.11 Å². The third-order valence-electron chi connectivity index (χ3n) is 5.29. The maximum absolute atomic E-state index is 9.73. The first-order chi connectivity index (χ1) is 14.6. The number of phenols is 1. The lowest BCUT2D eigenvalue weighted by Gasteiger charge is -2.34. The molecule has 162 valence electrons. The van der Waals surface area contributed by atoms with E-state index in [0.29, 0.717) is 18.3 Å². The van der Waals surface area contributed by atoms with Gasteiger partial charge in [0.25, 0.3) is 0 Å². The Kier molecular flexibility index (Phi) is 7.76. The van der Waals surface area contributed by atoms with Gasteiger partial charge in [-0.25, -0.2) is 4.98 Å². The van der Waals surface area contributed by atoms with Gasteiger partial charge in [0.2, 0.25) is 0 Å². The van der Waals surface area contributed by atoms with Gasteiger partial charge in [0, 0.05) is 37.9 Å². The molecule has 1 aliphatic rings. The Bertz CT molecular complexity index is 847. The summed E-state index contributed by atoms with van der Waals surface area (Å²) in [5, 5.41) is 16.7. The van der Waals surface area contributed by atoms with Crippen molar-refractivity contribution in [3.8, 4) is 11.5 Å². The number of aromatic nitrogens is 1. The van der Waals surface area contributed by atoms with Crippen LogP contribution in [0.5, 0.6) is 11.5 Å². The second-order valence-electron chi connectivity index (χ2n) is 7.56. The van der Waals surface area contributed by atoms with Crippen molar-refractivity contribution in [1.29, 1.82) is 0 Å². The van der Waals surface area contributed by atoms with E-state index < -0.39 is 0 Å². The van der Waals surface area contributed by atoms with Gasteiger partial charge >= 0.3 is 0 Å². The van der Waals surface area contributed by atoms with Crippen LogP contribution in [-0.4, -0.2) is 55.4 Å². The first-order valence-electron chi connectivity index (χ1n) is 10.7. The summed E-state index contributed by atoms with van der Waals surface area (Å²) in [7, 11) is 1.56. The molecule has 1 aliphatic heterocycles. The number of nitrogens with zero attached hydrogens (tertiary/aromatic N) is 3. The zero-order valence-corrected chi connectivity index (χ0v) is 18.2. The summed E-state index contributed by atoms with van der Waals surface area (Å²) in [6, 6.07) is 12.0. The number of methoxy groups -OCH3 is 1. The number of ether oxygens (including phenoxy) is 1. The SMILES string of the molecule is CCNC(=NCCc1ccc(O)c(OC)c1)NC1CCN(c2cccc(C)n2)CC1. The monoisotopic (exact) mass is 411 g/mol. The van der Waals surface area contributed by atoms with E-state index in [0.717, 1.165) is 61.9 Å². The number of anilines is 1. The number of benzene rings is 1. The summed E-state index contributed by atoms with van der Waals surface area (Å²) in [6.45, 7) is 7.57. The molecule has 7 nitrogen and oxygen atoms in total. The summed E-state index contributed by atoms with van der Waals surface area (Å²) in [5.74, 6) is 2.58. The zero-order valence-electron chi connectivity index (χ0n) is 18.2. The van der Waals surface area contributed by atoms with Crippen molar-refractivity contribution in [2.75, 3.05) is 38.2 Å². The van der Waals surface area contributed by atoms with Gasteiger partial charge in [-0.3, -0.25) is 4.99 Å². The Morgan fingerprint density at radius 2 is 2.07 bits per heavy atom. The molecule has 0 saturated carbocycles. The van der Waals surface area contributed by atoms with Crippen LogP contribution in [0.25, 0.3) is 0 Å². The van der Waals surface area contributed by atoms with Crippen LogP contribution in [0.4, 0.5) is 5.82 Å². The topological polar surface area (TPSA) is 82.0 Å². The van der Waals surface area contributed by atoms with Gasteiger partial charge in [-0.1, -0.05) is 12.1 Å². The highest BCUT2D eigenvalue weighted by molar-refractivity contribution is 5.80. The molecular weight excluding hydrogens is 378 g/mol. The molecule has 0 aliphatic carbocycles. The van der Waals surface area contributed by atoms with E-state index in [-0.39, 0.29) is 5.75 Å². The van der Waals surface area contributed by atoms with E-state index >= 15 is 0 Å². The second-order valence-corrected chi connectivity index (χ2v) is 7.56. The van der Waals surface area contributed by atoms with E-state index in [1.165, 1.54) is 0 Å². The Labute approximate surface area is 179 Å². The molecular formula is C23H33N5O2. The maximum atomic E-state index is 9.73. The quantitative estimate of drug-likeness (QED) is 0.480. The molecule has 0 atom stereocenters. The Morgan fingerprint density at radius 3 is 2.77 bits per heavy atom. The van der Waals surface area contributed by atoms with Crippen molar-refractivity contribution in [1.82, 2.24) is 15.6 Å². The summed E-state index contributed by atoms with van der Waals surface area (Å²) < 4.78 is 5.18. The van der Waals surface area contributed by atoms with Crippen LogP contribution in [0.3, 0.4) is 0 Å². The second kappa shape index (κ2) is 10.7. The molecule has 3 rings (SSSR count). The summed E-state index contributed by atoms with van der Waals surface area (Å²) in [5.41, 5.74) is 2.14. The first kappa shape index (κ1) is 21.7. The molecule has 1 aromatic carbocycles. The molecule has 0 amide bonds. The van der Waals surface area contributed by atoms with Crippen LogP contribution in [0.1, 0.15) is 31.0 Å². The van der Waals surface area contributed by atoms with Crippen LogP contribution in [0.15, 0.2) is 41.4 Å².